The van der Waals surface area contributed by atoms with Gasteiger partial charge in [0.25, 0.3) is 0 Å². The zero-order chi connectivity index (χ0) is 14.6. The SMILES string of the molecule is CC(C)(C)C(=O)N[C@H](CN1CCCC1)c1ccccc1. The molecule has 2 rings (SSSR count). The molecule has 0 saturated carbocycles. The number of rotatable bonds is 4. The molecule has 1 atom stereocenters. The Bertz CT molecular complexity index is 430. The zero-order valence-electron chi connectivity index (χ0n) is 12.9. The number of carbonyl (C=O) groups excluding carboxylic acids is 1. The van der Waals surface area contributed by atoms with Crippen molar-refractivity contribution in [2.75, 3.05) is 19.6 Å². The Morgan fingerprint density at radius 1 is 1.20 bits per heavy atom. The molecule has 0 bridgehead atoms. The van der Waals surface area contributed by atoms with E-state index in [1.807, 2.05) is 39.0 Å². The maximum atomic E-state index is 12.3. The topological polar surface area (TPSA) is 32.3 Å². The molecule has 20 heavy (non-hydrogen) atoms. The molecule has 0 spiro atoms. The maximum absolute atomic E-state index is 12.3. The fourth-order valence-electron chi connectivity index (χ4n) is 2.52. The standard InChI is InChI=1S/C17H26N2O/c1-17(2,3)16(20)18-15(13-19-11-7-8-12-19)14-9-5-4-6-10-14/h4-6,9-10,15H,7-8,11-13H2,1-3H3,(H,18,20)/t15-/m1/s1. The molecular formula is C17H26N2O. The van der Waals surface area contributed by atoms with Crippen molar-refractivity contribution in [1.82, 2.24) is 10.2 Å². The van der Waals surface area contributed by atoms with Crippen LogP contribution in [0.4, 0.5) is 0 Å². The first-order valence-corrected chi connectivity index (χ1v) is 7.55. The molecule has 3 heteroatoms. The predicted octanol–water partition coefficient (Wildman–Crippen LogP) is 2.99. The Hall–Kier alpha value is -1.35. The molecule has 3 nitrogen and oxygen atoms in total. The van der Waals surface area contributed by atoms with Gasteiger partial charge in [0.05, 0.1) is 6.04 Å². The van der Waals surface area contributed by atoms with Gasteiger partial charge in [-0.2, -0.15) is 0 Å². The van der Waals surface area contributed by atoms with Crippen LogP contribution < -0.4 is 5.32 Å². The predicted molar refractivity (Wildman–Crippen MR) is 82.5 cm³/mol. The molecule has 1 fully saturated rings. The summed E-state index contributed by atoms with van der Waals surface area (Å²) in [5, 5.41) is 3.22. The lowest BCUT2D eigenvalue weighted by Crippen LogP contribution is -2.41. The third kappa shape index (κ3) is 4.07. The number of likely N-dealkylation sites (tertiary alicyclic amines) is 1. The molecule has 1 heterocycles. The average molecular weight is 274 g/mol. The van der Waals surface area contributed by atoms with Crippen LogP contribution in [0.1, 0.15) is 45.2 Å². The highest BCUT2D eigenvalue weighted by atomic mass is 16.2. The van der Waals surface area contributed by atoms with Gasteiger partial charge in [-0.05, 0) is 31.5 Å². The van der Waals surface area contributed by atoms with Gasteiger partial charge < -0.3 is 10.2 Å². The van der Waals surface area contributed by atoms with Gasteiger partial charge in [0.2, 0.25) is 5.91 Å². The van der Waals surface area contributed by atoms with Gasteiger partial charge in [-0.15, -0.1) is 0 Å². The largest absolute Gasteiger partial charge is 0.348 e. The Morgan fingerprint density at radius 2 is 1.80 bits per heavy atom. The van der Waals surface area contributed by atoms with Crippen molar-refractivity contribution in [2.24, 2.45) is 5.41 Å². The van der Waals surface area contributed by atoms with E-state index >= 15 is 0 Å². The van der Waals surface area contributed by atoms with E-state index in [0.717, 1.165) is 19.6 Å². The van der Waals surface area contributed by atoms with E-state index in [-0.39, 0.29) is 17.4 Å². The van der Waals surface area contributed by atoms with Crippen LogP contribution in [0.25, 0.3) is 0 Å². The second-order valence-corrected chi connectivity index (χ2v) is 6.69. The van der Waals surface area contributed by atoms with Crippen molar-refractivity contribution in [3.8, 4) is 0 Å². The number of benzene rings is 1. The summed E-state index contributed by atoms with van der Waals surface area (Å²) in [6.07, 6.45) is 2.55. The van der Waals surface area contributed by atoms with E-state index in [2.05, 4.69) is 22.3 Å². The van der Waals surface area contributed by atoms with Gasteiger partial charge >= 0.3 is 0 Å². The van der Waals surface area contributed by atoms with Crippen LogP contribution in [0.5, 0.6) is 0 Å². The van der Waals surface area contributed by atoms with E-state index < -0.39 is 0 Å². The molecule has 110 valence electrons. The van der Waals surface area contributed by atoms with Gasteiger partial charge in [-0.25, -0.2) is 0 Å². The average Bonchev–Trinajstić information content (AvgIpc) is 2.91. The fourth-order valence-corrected chi connectivity index (χ4v) is 2.52. The number of carbonyl (C=O) groups is 1. The lowest BCUT2D eigenvalue weighted by atomic mass is 9.94. The Kier molecular flexibility index (Phi) is 4.81. The number of hydrogen-bond donors (Lipinski definition) is 1. The summed E-state index contributed by atoms with van der Waals surface area (Å²) in [5.41, 5.74) is 0.842. The van der Waals surface area contributed by atoms with Crippen molar-refractivity contribution in [2.45, 2.75) is 39.7 Å². The highest BCUT2D eigenvalue weighted by Crippen LogP contribution is 2.20. The van der Waals surface area contributed by atoms with Crippen LogP contribution in [0.2, 0.25) is 0 Å². The summed E-state index contributed by atoms with van der Waals surface area (Å²) >= 11 is 0. The van der Waals surface area contributed by atoms with E-state index in [1.165, 1.54) is 18.4 Å². The summed E-state index contributed by atoms with van der Waals surface area (Å²) in [6, 6.07) is 10.4. The quantitative estimate of drug-likeness (QED) is 0.915. The summed E-state index contributed by atoms with van der Waals surface area (Å²) in [4.78, 5) is 14.7. The van der Waals surface area contributed by atoms with Crippen molar-refractivity contribution >= 4 is 5.91 Å². The van der Waals surface area contributed by atoms with E-state index in [1.54, 1.807) is 0 Å². The molecule has 1 saturated heterocycles. The van der Waals surface area contributed by atoms with Crippen LogP contribution in [-0.4, -0.2) is 30.4 Å². The highest BCUT2D eigenvalue weighted by molar-refractivity contribution is 5.81. The summed E-state index contributed by atoms with van der Waals surface area (Å²) in [7, 11) is 0. The zero-order valence-corrected chi connectivity index (χ0v) is 12.9. The molecule has 1 aliphatic heterocycles. The second kappa shape index (κ2) is 6.40. The third-order valence-corrected chi connectivity index (χ3v) is 3.83. The molecule has 0 unspecified atom stereocenters. The minimum Gasteiger partial charge on any atom is -0.348 e. The first kappa shape index (κ1) is 15.0. The van der Waals surface area contributed by atoms with E-state index in [4.69, 9.17) is 0 Å². The Balaban J connectivity index is 2.09. The molecular weight excluding hydrogens is 248 g/mol. The van der Waals surface area contributed by atoms with Crippen LogP contribution in [-0.2, 0) is 4.79 Å². The van der Waals surface area contributed by atoms with Gasteiger partial charge in [-0.3, -0.25) is 4.79 Å². The number of nitrogens with zero attached hydrogens (tertiary/aromatic N) is 1. The third-order valence-electron chi connectivity index (χ3n) is 3.83. The molecule has 0 aromatic heterocycles. The minimum atomic E-state index is -0.349. The van der Waals surface area contributed by atoms with Crippen LogP contribution in [0.15, 0.2) is 30.3 Å². The first-order chi connectivity index (χ1) is 9.47. The van der Waals surface area contributed by atoms with Crippen molar-refractivity contribution < 1.29 is 4.79 Å². The minimum absolute atomic E-state index is 0.0843. The first-order valence-electron chi connectivity index (χ1n) is 7.55. The fraction of sp³-hybridized carbons (Fsp3) is 0.588. The summed E-state index contributed by atoms with van der Waals surface area (Å²) in [6.45, 7) is 9.08. The van der Waals surface area contributed by atoms with Gasteiger partial charge in [0.1, 0.15) is 0 Å². The van der Waals surface area contributed by atoms with Crippen molar-refractivity contribution in [3.63, 3.8) is 0 Å². The molecule has 1 aromatic carbocycles. The number of amides is 1. The monoisotopic (exact) mass is 274 g/mol. The molecule has 0 radical (unpaired) electrons. The van der Waals surface area contributed by atoms with E-state index in [0.29, 0.717) is 0 Å². The van der Waals surface area contributed by atoms with Crippen LogP contribution in [0.3, 0.4) is 0 Å². The number of nitrogens with one attached hydrogen (secondary N) is 1. The summed E-state index contributed by atoms with van der Waals surface area (Å²) < 4.78 is 0. The molecule has 1 amide bonds. The van der Waals surface area contributed by atoms with Gasteiger partial charge in [0.15, 0.2) is 0 Å². The maximum Gasteiger partial charge on any atom is 0.225 e. The van der Waals surface area contributed by atoms with Crippen LogP contribution in [0, 0.1) is 5.41 Å². The molecule has 1 N–H and O–H groups in total. The lowest BCUT2D eigenvalue weighted by Gasteiger charge is -2.28. The van der Waals surface area contributed by atoms with E-state index in [9.17, 15) is 4.79 Å². The summed E-state index contributed by atoms with van der Waals surface area (Å²) in [5.74, 6) is 0.116. The smallest absolute Gasteiger partial charge is 0.225 e. The second-order valence-electron chi connectivity index (χ2n) is 6.69. The lowest BCUT2D eigenvalue weighted by molar-refractivity contribution is -0.129. The van der Waals surface area contributed by atoms with Crippen LogP contribution >= 0.6 is 0 Å². The molecule has 0 aliphatic carbocycles. The van der Waals surface area contributed by atoms with Gasteiger partial charge in [-0.1, -0.05) is 51.1 Å². The van der Waals surface area contributed by atoms with Crippen molar-refractivity contribution in [3.05, 3.63) is 35.9 Å². The normalized spacial score (nSPS) is 17.9. The van der Waals surface area contributed by atoms with Crippen molar-refractivity contribution in [1.29, 1.82) is 0 Å². The number of hydrogen-bond acceptors (Lipinski definition) is 2. The highest BCUT2D eigenvalue weighted by Gasteiger charge is 2.26. The molecule has 1 aliphatic rings. The Labute approximate surface area is 122 Å². The molecule has 1 aromatic rings. The Morgan fingerprint density at radius 3 is 2.35 bits per heavy atom. The van der Waals surface area contributed by atoms with Gasteiger partial charge in [0, 0.05) is 12.0 Å².